The van der Waals surface area contributed by atoms with Gasteiger partial charge in [-0.25, -0.2) is 0 Å². The molecule has 3 aromatic carbocycles. The van der Waals surface area contributed by atoms with E-state index < -0.39 is 0 Å². The zero-order valence-corrected chi connectivity index (χ0v) is 13.1. The first-order valence-corrected chi connectivity index (χ1v) is 8.12. The SMILES string of the molecule is CCCCc1ccc(-c2ccccc2-c2ccccc2)cc1. The molecule has 0 aliphatic heterocycles. The molecule has 0 heteroatoms. The second-order valence-electron chi connectivity index (χ2n) is 5.71. The predicted octanol–water partition coefficient (Wildman–Crippen LogP) is 6.36. The molecule has 0 fully saturated rings. The number of hydrogen-bond acceptors (Lipinski definition) is 0. The van der Waals surface area contributed by atoms with Gasteiger partial charge in [0.1, 0.15) is 0 Å². The van der Waals surface area contributed by atoms with Crippen LogP contribution >= 0.6 is 0 Å². The van der Waals surface area contributed by atoms with Crippen LogP contribution in [0.2, 0.25) is 0 Å². The third-order valence-electron chi connectivity index (χ3n) is 4.10. The van der Waals surface area contributed by atoms with E-state index in [9.17, 15) is 0 Å². The highest BCUT2D eigenvalue weighted by atomic mass is 14.1. The molecule has 0 saturated heterocycles. The second kappa shape index (κ2) is 7.09. The van der Waals surface area contributed by atoms with Crippen molar-refractivity contribution in [3.8, 4) is 22.3 Å². The van der Waals surface area contributed by atoms with E-state index in [0.29, 0.717) is 0 Å². The van der Waals surface area contributed by atoms with Crippen LogP contribution < -0.4 is 0 Å². The highest BCUT2D eigenvalue weighted by Gasteiger charge is 2.06. The molecule has 3 aromatic rings. The summed E-state index contributed by atoms with van der Waals surface area (Å²) in [5.74, 6) is 0. The van der Waals surface area contributed by atoms with E-state index in [-0.39, 0.29) is 0 Å². The summed E-state index contributed by atoms with van der Waals surface area (Å²) in [7, 11) is 0. The Morgan fingerprint density at radius 2 is 1.14 bits per heavy atom. The summed E-state index contributed by atoms with van der Waals surface area (Å²) < 4.78 is 0. The number of benzene rings is 3. The van der Waals surface area contributed by atoms with Gasteiger partial charge in [-0.1, -0.05) is 92.2 Å². The van der Waals surface area contributed by atoms with E-state index >= 15 is 0 Å². The minimum Gasteiger partial charge on any atom is -0.0654 e. The van der Waals surface area contributed by atoms with E-state index in [2.05, 4.69) is 85.8 Å². The Hall–Kier alpha value is -2.34. The first kappa shape index (κ1) is 14.6. The van der Waals surface area contributed by atoms with Crippen LogP contribution in [0.4, 0.5) is 0 Å². The Bertz CT molecular complexity index is 709. The maximum absolute atomic E-state index is 2.27. The molecule has 0 aliphatic rings. The van der Waals surface area contributed by atoms with Crippen molar-refractivity contribution in [3.05, 3.63) is 84.4 Å². The molecular formula is C22H22. The number of aryl methyl sites for hydroxylation is 1. The van der Waals surface area contributed by atoms with E-state index in [1.54, 1.807) is 0 Å². The summed E-state index contributed by atoms with van der Waals surface area (Å²) in [5.41, 5.74) is 6.59. The maximum atomic E-state index is 2.27. The number of hydrogen-bond donors (Lipinski definition) is 0. The van der Waals surface area contributed by atoms with Gasteiger partial charge in [-0.3, -0.25) is 0 Å². The molecule has 0 nitrogen and oxygen atoms in total. The molecule has 0 unspecified atom stereocenters. The number of rotatable bonds is 5. The van der Waals surface area contributed by atoms with Crippen LogP contribution in [0.15, 0.2) is 78.9 Å². The molecule has 0 spiro atoms. The van der Waals surface area contributed by atoms with E-state index in [4.69, 9.17) is 0 Å². The van der Waals surface area contributed by atoms with Crippen molar-refractivity contribution >= 4 is 0 Å². The van der Waals surface area contributed by atoms with Crippen molar-refractivity contribution in [2.45, 2.75) is 26.2 Å². The lowest BCUT2D eigenvalue weighted by molar-refractivity contribution is 0.795. The van der Waals surface area contributed by atoms with Crippen LogP contribution in [0.5, 0.6) is 0 Å². The van der Waals surface area contributed by atoms with Gasteiger partial charge in [0.25, 0.3) is 0 Å². The molecule has 110 valence electrons. The van der Waals surface area contributed by atoms with Gasteiger partial charge in [0.2, 0.25) is 0 Å². The number of unbranched alkanes of at least 4 members (excludes halogenated alkanes) is 1. The van der Waals surface area contributed by atoms with Gasteiger partial charge < -0.3 is 0 Å². The van der Waals surface area contributed by atoms with Crippen LogP contribution in [-0.4, -0.2) is 0 Å². The summed E-state index contributed by atoms with van der Waals surface area (Å²) in [6.07, 6.45) is 3.69. The lowest BCUT2D eigenvalue weighted by atomic mass is 9.94. The fourth-order valence-electron chi connectivity index (χ4n) is 2.84. The minimum atomic E-state index is 1.18. The zero-order chi connectivity index (χ0) is 15.2. The van der Waals surface area contributed by atoms with Crippen molar-refractivity contribution in [2.75, 3.05) is 0 Å². The molecule has 0 atom stereocenters. The monoisotopic (exact) mass is 286 g/mol. The van der Waals surface area contributed by atoms with Gasteiger partial charge in [-0.15, -0.1) is 0 Å². The molecule has 0 aromatic heterocycles. The first-order chi connectivity index (χ1) is 10.9. The van der Waals surface area contributed by atoms with E-state index in [0.717, 1.165) is 0 Å². The molecule has 0 radical (unpaired) electrons. The van der Waals surface area contributed by atoms with Gasteiger partial charge in [-0.2, -0.15) is 0 Å². The molecule has 0 bridgehead atoms. The van der Waals surface area contributed by atoms with Gasteiger partial charge in [-0.05, 0) is 40.7 Å². The quantitative estimate of drug-likeness (QED) is 0.511. The molecule has 0 aliphatic carbocycles. The fourth-order valence-corrected chi connectivity index (χ4v) is 2.84. The Kier molecular flexibility index (Phi) is 4.70. The minimum absolute atomic E-state index is 1.18. The summed E-state index contributed by atoms with van der Waals surface area (Å²) in [4.78, 5) is 0. The van der Waals surface area contributed by atoms with Crippen LogP contribution in [0.25, 0.3) is 22.3 Å². The Morgan fingerprint density at radius 3 is 1.73 bits per heavy atom. The van der Waals surface area contributed by atoms with Crippen molar-refractivity contribution in [1.29, 1.82) is 0 Å². The summed E-state index contributed by atoms with van der Waals surface area (Å²) in [6, 6.07) is 28.3. The highest BCUT2D eigenvalue weighted by molar-refractivity contribution is 5.83. The average Bonchev–Trinajstić information content (AvgIpc) is 2.61. The molecule has 0 amide bonds. The lowest BCUT2D eigenvalue weighted by Gasteiger charge is -2.11. The summed E-state index contributed by atoms with van der Waals surface area (Å²) >= 11 is 0. The third-order valence-corrected chi connectivity index (χ3v) is 4.10. The average molecular weight is 286 g/mol. The van der Waals surface area contributed by atoms with Crippen LogP contribution in [-0.2, 0) is 6.42 Å². The van der Waals surface area contributed by atoms with Gasteiger partial charge >= 0.3 is 0 Å². The Labute approximate surface area is 133 Å². The van der Waals surface area contributed by atoms with E-state index in [1.165, 1.54) is 47.1 Å². The van der Waals surface area contributed by atoms with Gasteiger partial charge in [0.15, 0.2) is 0 Å². The molecule has 0 N–H and O–H groups in total. The topological polar surface area (TPSA) is 0 Å². The molecule has 0 heterocycles. The normalized spacial score (nSPS) is 10.6. The van der Waals surface area contributed by atoms with E-state index in [1.807, 2.05) is 0 Å². The van der Waals surface area contributed by atoms with Crippen LogP contribution in [0, 0.1) is 0 Å². The third kappa shape index (κ3) is 3.28. The van der Waals surface area contributed by atoms with Crippen LogP contribution in [0.1, 0.15) is 25.3 Å². The first-order valence-electron chi connectivity index (χ1n) is 8.12. The molecule has 22 heavy (non-hydrogen) atoms. The van der Waals surface area contributed by atoms with Crippen molar-refractivity contribution in [3.63, 3.8) is 0 Å². The smallest absolute Gasteiger partial charge is 0.0105 e. The van der Waals surface area contributed by atoms with Crippen molar-refractivity contribution in [1.82, 2.24) is 0 Å². The largest absolute Gasteiger partial charge is 0.0654 e. The second-order valence-corrected chi connectivity index (χ2v) is 5.71. The maximum Gasteiger partial charge on any atom is -0.0105 e. The molecular weight excluding hydrogens is 264 g/mol. The standard InChI is InChI=1S/C22H22/c1-2-3-9-18-14-16-20(17-15-18)22-13-8-7-12-21(22)19-10-5-4-6-11-19/h4-8,10-17H,2-3,9H2,1H3. The Balaban J connectivity index is 1.95. The summed E-state index contributed by atoms with van der Waals surface area (Å²) in [6.45, 7) is 2.24. The highest BCUT2D eigenvalue weighted by Crippen LogP contribution is 2.32. The lowest BCUT2D eigenvalue weighted by Crippen LogP contribution is -1.87. The zero-order valence-electron chi connectivity index (χ0n) is 13.1. The molecule has 3 rings (SSSR count). The molecule has 0 saturated carbocycles. The van der Waals surface area contributed by atoms with Crippen molar-refractivity contribution in [2.24, 2.45) is 0 Å². The van der Waals surface area contributed by atoms with Crippen LogP contribution in [0.3, 0.4) is 0 Å². The predicted molar refractivity (Wildman–Crippen MR) is 95.9 cm³/mol. The fraction of sp³-hybridized carbons (Fsp3) is 0.182. The Morgan fingerprint density at radius 1 is 0.591 bits per heavy atom. The van der Waals surface area contributed by atoms with Crippen molar-refractivity contribution < 1.29 is 0 Å². The van der Waals surface area contributed by atoms with Gasteiger partial charge in [0, 0.05) is 0 Å². The van der Waals surface area contributed by atoms with Gasteiger partial charge in [0.05, 0.1) is 0 Å². The summed E-state index contributed by atoms with van der Waals surface area (Å²) in [5, 5.41) is 0.